The van der Waals surface area contributed by atoms with Gasteiger partial charge >= 0.3 is 12.0 Å². The van der Waals surface area contributed by atoms with Gasteiger partial charge in [-0.2, -0.15) is 0 Å². The molecule has 0 unspecified atom stereocenters. The summed E-state index contributed by atoms with van der Waals surface area (Å²) >= 11 is 1.46. The number of carboxylic acids is 1. The third-order valence-corrected chi connectivity index (χ3v) is 3.32. The lowest BCUT2D eigenvalue weighted by Gasteiger charge is -2.20. The van der Waals surface area contributed by atoms with Crippen molar-refractivity contribution in [3.8, 4) is 0 Å². The van der Waals surface area contributed by atoms with Gasteiger partial charge in [0.2, 0.25) is 0 Å². The van der Waals surface area contributed by atoms with E-state index in [0.717, 1.165) is 13.0 Å². The predicted octanol–water partition coefficient (Wildman–Crippen LogP) is -0.235. The van der Waals surface area contributed by atoms with E-state index in [2.05, 4.69) is 10.6 Å². The summed E-state index contributed by atoms with van der Waals surface area (Å²) in [5.41, 5.74) is 0. The van der Waals surface area contributed by atoms with Gasteiger partial charge < -0.3 is 20.6 Å². The molecule has 1 atom stereocenters. The van der Waals surface area contributed by atoms with Gasteiger partial charge in [0.15, 0.2) is 0 Å². The molecular formula is C9H17N3O3S. The number of carbonyl (C=O) groups excluding carboxylic acids is 1. The lowest BCUT2D eigenvalue weighted by atomic mass is 10.3. The van der Waals surface area contributed by atoms with Gasteiger partial charge in [0.1, 0.15) is 6.04 Å². The second-order valence-corrected chi connectivity index (χ2v) is 4.51. The summed E-state index contributed by atoms with van der Waals surface area (Å²) < 4.78 is 0. The van der Waals surface area contributed by atoms with E-state index in [1.54, 1.807) is 0 Å². The van der Waals surface area contributed by atoms with Crippen LogP contribution in [-0.2, 0) is 4.79 Å². The summed E-state index contributed by atoms with van der Waals surface area (Å²) in [7, 11) is 1.85. The molecule has 92 valence electrons. The van der Waals surface area contributed by atoms with Crippen LogP contribution in [0.25, 0.3) is 0 Å². The Labute approximate surface area is 98.8 Å². The average molecular weight is 247 g/mol. The zero-order valence-corrected chi connectivity index (χ0v) is 10.0. The molecule has 0 saturated carbocycles. The Morgan fingerprint density at radius 1 is 1.50 bits per heavy atom. The van der Waals surface area contributed by atoms with Crippen LogP contribution in [0.3, 0.4) is 0 Å². The second kappa shape index (κ2) is 6.59. The van der Waals surface area contributed by atoms with E-state index >= 15 is 0 Å². The predicted molar refractivity (Wildman–Crippen MR) is 62.5 cm³/mol. The molecule has 0 spiro atoms. The monoisotopic (exact) mass is 247 g/mol. The number of carbonyl (C=O) groups is 2. The van der Waals surface area contributed by atoms with Crippen LogP contribution in [0, 0.1) is 0 Å². The SMILES string of the molecule is CNCCCNC(=O)N1CSC[C@H]1C(=O)O. The average Bonchev–Trinajstić information content (AvgIpc) is 2.73. The normalized spacial score (nSPS) is 19.8. The van der Waals surface area contributed by atoms with Crippen molar-refractivity contribution in [1.82, 2.24) is 15.5 Å². The highest BCUT2D eigenvalue weighted by atomic mass is 32.2. The van der Waals surface area contributed by atoms with Gasteiger partial charge in [-0.3, -0.25) is 0 Å². The fraction of sp³-hybridized carbons (Fsp3) is 0.778. The van der Waals surface area contributed by atoms with Crippen LogP contribution >= 0.6 is 11.8 Å². The number of aliphatic carboxylic acids is 1. The molecule has 1 heterocycles. The van der Waals surface area contributed by atoms with Gasteiger partial charge in [-0.15, -0.1) is 11.8 Å². The highest BCUT2D eigenvalue weighted by molar-refractivity contribution is 7.99. The quantitative estimate of drug-likeness (QED) is 0.584. The van der Waals surface area contributed by atoms with E-state index in [1.807, 2.05) is 7.05 Å². The van der Waals surface area contributed by atoms with Crippen molar-refractivity contribution in [2.45, 2.75) is 12.5 Å². The summed E-state index contributed by atoms with van der Waals surface area (Å²) in [5.74, 6) is -0.0101. The number of nitrogens with one attached hydrogen (secondary N) is 2. The molecule has 0 aromatic carbocycles. The highest BCUT2D eigenvalue weighted by Gasteiger charge is 2.34. The topological polar surface area (TPSA) is 81.7 Å². The van der Waals surface area contributed by atoms with Gasteiger partial charge in [-0.05, 0) is 20.0 Å². The summed E-state index contributed by atoms with van der Waals surface area (Å²) in [6.45, 7) is 1.39. The van der Waals surface area contributed by atoms with Crippen molar-refractivity contribution in [2.24, 2.45) is 0 Å². The number of thioether (sulfide) groups is 1. The van der Waals surface area contributed by atoms with Crippen molar-refractivity contribution >= 4 is 23.8 Å². The van der Waals surface area contributed by atoms with Crippen molar-refractivity contribution < 1.29 is 14.7 Å². The summed E-state index contributed by atoms with van der Waals surface area (Å²) in [5, 5.41) is 14.6. The van der Waals surface area contributed by atoms with Crippen LogP contribution in [0.5, 0.6) is 0 Å². The Morgan fingerprint density at radius 2 is 2.25 bits per heavy atom. The molecule has 1 aliphatic heterocycles. The van der Waals surface area contributed by atoms with Crippen molar-refractivity contribution in [3.05, 3.63) is 0 Å². The van der Waals surface area contributed by atoms with E-state index in [9.17, 15) is 9.59 Å². The molecule has 1 aliphatic rings. The van der Waals surface area contributed by atoms with Gasteiger partial charge in [0.25, 0.3) is 0 Å². The zero-order valence-electron chi connectivity index (χ0n) is 9.23. The number of amides is 2. The fourth-order valence-electron chi connectivity index (χ4n) is 1.41. The number of urea groups is 1. The van der Waals surface area contributed by atoms with Gasteiger partial charge in [-0.1, -0.05) is 0 Å². The molecule has 1 rings (SSSR count). The summed E-state index contributed by atoms with van der Waals surface area (Å²) in [6.07, 6.45) is 0.834. The van der Waals surface area contributed by atoms with Gasteiger partial charge in [0, 0.05) is 12.3 Å². The standard InChI is InChI=1S/C9H17N3O3S/c1-10-3-2-4-11-9(15)12-6-16-5-7(12)8(13)14/h7,10H,2-6H2,1H3,(H,11,15)(H,13,14)/t7-/m0/s1. The van der Waals surface area contributed by atoms with Crippen LogP contribution in [-0.4, -0.2) is 59.8 Å². The lowest BCUT2D eigenvalue weighted by molar-refractivity contribution is -0.140. The molecule has 6 nitrogen and oxygen atoms in total. The molecule has 0 radical (unpaired) electrons. The maximum atomic E-state index is 11.6. The largest absolute Gasteiger partial charge is 0.480 e. The van der Waals surface area contributed by atoms with Crippen LogP contribution < -0.4 is 10.6 Å². The smallest absolute Gasteiger partial charge is 0.327 e. The molecule has 1 saturated heterocycles. The Kier molecular flexibility index (Phi) is 5.41. The second-order valence-electron chi connectivity index (χ2n) is 3.51. The third kappa shape index (κ3) is 3.57. The number of hydrogen-bond donors (Lipinski definition) is 3. The molecule has 7 heteroatoms. The maximum absolute atomic E-state index is 11.6. The van der Waals surface area contributed by atoms with Crippen LogP contribution in [0.15, 0.2) is 0 Å². The molecule has 1 fully saturated rings. The molecule has 0 aliphatic carbocycles. The Balaban J connectivity index is 2.32. The lowest BCUT2D eigenvalue weighted by Crippen LogP contribution is -2.47. The minimum absolute atomic E-state index is 0.284. The Morgan fingerprint density at radius 3 is 2.88 bits per heavy atom. The Hall–Kier alpha value is -0.950. The first-order valence-corrected chi connectivity index (χ1v) is 6.32. The van der Waals surface area contributed by atoms with Crippen LogP contribution in [0.4, 0.5) is 4.79 Å². The molecule has 0 bridgehead atoms. The molecule has 2 amide bonds. The van der Waals surface area contributed by atoms with Crippen LogP contribution in [0.1, 0.15) is 6.42 Å². The number of hydrogen-bond acceptors (Lipinski definition) is 4. The maximum Gasteiger partial charge on any atom is 0.327 e. The van der Waals surface area contributed by atoms with Crippen LogP contribution in [0.2, 0.25) is 0 Å². The minimum Gasteiger partial charge on any atom is -0.480 e. The third-order valence-electron chi connectivity index (χ3n) is 2.31. The van der Waals surface area contributed by atoms with E-state index in [0.29, 0.717) is 18.2 Å². The minimum atomic E-state index is -0.935. The van der Waals surface area contributed by atoms with E-state index in [1.165, 1.54) is 16.7 Å². The van der Waals surface area contributed by atoms with Crippen molar-refractivity contribution in [3.63, 3.8) is 0 Å². The van der Waals surface area contributed by atoms with E-state index in [4.69, 9.17) is 5.11 Å². The first-order chi connectivity index (χ1) is 7.66. The number of nitrogens with zero attached hydrogens (tertiary/aromatic N) is 1. The first kappa shape index (κ1) is 13.1. The van der Waals surface area contributed by atoms with Crippen molar-refractivity contribution in [1.29, 1.82) is 0 Å². The fourth-order valence-corrected chi connectivity index (χ4v) is 2.55. The van der Waals surface area contributed by atoms with Crippen molar-refractivity contribution in [2.75, 3.05) is 31.8 Å². The van der Waals surface area contributed by atoms with E-state index < -0.39 is 12.0 Å². The molecule has 3 N–H and O–H groups in total. The summed E-state index contributed by atoms with van der Waals surface area (Å²) in [4.78, 5) is 23.9. The number of rotatable bonds is 5. The molecule has 16 heavy (non-hydrogen) atoms. The summed E-state index contributed by atoms with van der Waals surface area (Å²) in [6, 6.07) is -0.970. The highest BCUT2D eigenvalue weighted by Crippen LogP contribution is 2.20. The van der Waals surface area contributed by atoms with Gasteiger partial charge in [-0.25, -0.2) is 9.59 Å². The Bertz CT molecular complexity index is 262. The molecular weight excluding hydrogens is 230 g/mol. The van der Waals surface area contributed by atoms with E-state index in [-0.39, 0.29) is 6.03 Å². The molecule has 0 aromatic heterocycles. The van der Waals surface area contributed by atoms with Gasteiger partial charge in [0.05, 0.1) is 5.88 Å². The molecule has 0 aromatic rings. The first-order valence-electron chi connectivity index (χ1n) is 5.16. The number of carboxylic acid groups (broad SMARTS) is 1. The zero-order chi connectivity index (χ0) is 12.0.